The van der Waals surface area contributed by atoms with Gasteiger partial charge in [-0.05, 0) is 133 Å². The summed E-state index contributed by atoms with van der Waals surface area (Å²) in [6.45, 7) is 25.6. The topological polar surface area (TPSA) is 12.4 Å². The average molecular weight is 876 g/mol. The molecule has 0 fully saturated rings. The molecule has 0 saturated heterocycles. The van der Waals surface area contributed by atoms with E-state index >= 15 is 0 Å². The Kier molecular flexibility index (Phi) is 21.6. The first-order chi connectivity index (χ1) is 31.7. The largest absolute Gasteiger partial charge is 0.253 e. The van der Waals surface area contributed by atoms with Gasteiger partial charge in [-0.3, -0.25) is 4.99 Å². The second-order valence-electron chi connectivity index (χ2n) is 15.7. The third kappa shape index (κ3) is 14.0. The minimum Gasteiger partial charge on any atom is -0.253 e. The molecule has 0 aliphatic carbocycles. The summed E-state index contributed by atoms with van der Waals surface area (Å²) >= 11 is 1.89. The van der Waals surface area contributed by atoms with E-state index < -0.39 is 0 Å². The highest BCUT2D eigenvalue weighted by atomic mass is 32.1. The van der Waals surface area contributed by atoms with E-state index in [1.165, 1.54) is 94.2 Å². The molecule has 0 N–H and O–H groups in total. The van der Waals surface area contributed by atoms with Crippen molar-refractivity contribution in [3.8, 4) is 22.3 Å². The van der Waals surface area contributed by atoms with Crippen molar-refractivity contribution in [1.29, 1.82) is 0 Å². The number of fused-ring (bicyclic) bond motifs is 3. The monoisotopic (exact) mass is 876 g/mol. The van der Waals surface area contributed by atoms with E-state index in [0.29, 0.717) is 0 Å². The molecule has 1 aromatic heterocycles. The number of thiophene rings is 1. The van der Waals surface area contributed by atoms with E-state index in [9.17, 15) is 0 Å². The summed E-state index contributed by atoms with van der Waals surface area (Å²) in [6.07, 6.45) is 8.80. The second-order valence-corrected chi connectivity index (χ2v) is 16.8. The normalized spacial score (nSPS) is 11.3. The maximum Gasteiger partial charge on any atom is 0.0707 e. The fourth-order valence-electron chi connectivity index (χ4n) is 8.12. The molecule has 0 aliphatic heterocycles. The summed E-state index contributed by atoms with van der Waals surface area (Å²) in [4.78, 5) is 4.80. The number of benzene rings is 7. The fourth-order valence-corrected chi connectivity index (χ4v) is 9.23. The van der Waals surface area contributed by atoms with E-state index in [1.807, 2.05) is 51.2 Å². The summed E-state index contributed by atoms with van der Waals surface area (Å²) < 4.78 is 2.73. The highest BCUT2D eigenvalue weighted by molar-refractivity contribution is 7.25. The maximum atomic E-state index is 4.80. The number of aliphatic imine (C=N–C) groups is 1. The lowest BCUT2D eigenvalue weighted by Gasteiger charge is -2.19. The molecule has 0 radical (unpaired) electrons. The van der Waals surface area contributed by atoms with Gasteiger partial charge in [0.2, 0.25) is 0 Å². The molecule has 0 saturated carbocycles. The van der Waals surface area contributed by atoms with Crippen LogP contribution in [0.3, 0.4) is 0 Å². The van der Waals surface area contributed by atoms with Crippen molar-refractivity contribution in [3.63, 3.8) is 0 Å². The molecule has 2 heteroatoms. The minimum absolute atomic E-state index is 0.999. The van der Waals surface area contributed by atoms with Crippen LogP contribution in [0, 0.1) is 20.8 Å². The zero-order valence-corrected chi connectivity index (χ0v) is 42.2. The number of aryl methyl sites for hydroxylation is 4. The third-order valence-electron chi connectivity index (χ3n) is 11.2. The van der Waals surface area contributed by atoms with Crippen LogP contribution < -0.4 is 0 Å². The molecule has 1 heterocycles. The van der Waals surface area contributed by atoms with Crippen molar-refractivity contribution in [2.45, 2.75) is 109 Å². The van der Waals surface area contributed by atoms with Crippen LogP contribution in [0.25, 0.3) is 48.0 Å². The quantitative estimate of drug-likeness (QED) is 0.121. The van der Waals surface area contributed by atoms with Crippen LogP contribution in [-0.4, -0.2) is 5.71 Å². The smallest absolute Gasteiger partial charge is 0.0707 e. The molecule has 336 valence electrons. The van der Waals surface area contributed by atoms with E-state index in [2.05, 4.69) is 219 Å². The number of hydrogen-bond acceptors (Lipinski definition) is 2. The Morgan fingerprint density at radius 1 is 0.538 bits per heavy atom. The summed E-state index contributed by atoms with van der Waals surface area (Å²) in [6, 6.07) is 58.2. The standard InChI is InChI=1S/C29H26S.C21H23N.C9H12.2C2H6/c1-5-21-10-6-7-11-23(21)27-18(2)14-16-22(20(27)4)28-19(3)15-17-26-29(28)24-12-8-9-13-25(24)30-26;1-4-11-18(3)22-21(20-14-9-6-10-15-20)16-17(2)19-12-7-5-8-13-19;1-2-6-9-7-4-3-5-8-9;2*1-2/h6-17H,5H2,1-4H3;5-16H,4H2,1-3H3;3-5,7-8H,2,6H2,1H3;2*1-2H3/b;17-16+,18-11+,22-21-;;;. The predicted octanol–water partition coefficient (Wildman–Crippen LogP) is 19.5. The molecule has 0 aliphatic rings. The van der Waals surface area contributed by atoms with Gasteiger partial charge in [0.25, 0.3) is 0 Å². The Balaban J connectivity index is 0.000000231. The highest BCUT2D eigenvalue weighted by Crippen LogP contribution is 2.44. The first kappa shape index (κ1) is 51.5. The van der Waals surface area contributed by atoms with Crippen LogP contribution in [0.1, 0.15) is 114 Å². The van der Waals surface area contributed by atoms with Crippen molar-refractivity contribution in [1.82, 2.24) is 0 Å². The summed E-state index contributed by atoms with van der Waals surface area (Å²) in [5, 5.41) is 2.77. The molecular weight excluding hydrogens is 803 g/mol. The lowest BCUT2D eigenvalue weighted by molar-refractivity contribution is 0.922. The van der Waals surface area contributed by atoms with Gasteiger partial charge < -0.3 is 0 Å². The zero-order chi connectivity index (χ0) is 47.1. The molecule has 7 aromatic carbocycles. The Morgan fingerprint density at radius 3 is 1.72 bits per heavy atom. The Bertz CT molecular complexity index is 2750. The van der Waals surface area contributed by atoms with Crippen LogP contribution in [0.5, 0.6) is 0 Å². The average Bonchev–Trinajstić information content (AvgIpc) is 3.73. The Hall–Kier alpha value is -6.09. The van der Waals surface area contributed by atoms with Gasteiger partial charge >= 0.3 is 0 Å². The van der Waals surface area contributed by atoms with Gasteiger partial charge in [0.05, 0.1) is 5.71 Å². The molecule has 0 unspecified atom stereocenters. The zero-order valence-electron chi connectivity index (χ0n) is 41.4. The van der Waals surface area contributed by atoms with Crippen LogP contribution in [-0.2, 0) is 12.8 Å². The van der Waals surface area contributed by atoms with E-state index in [0.717, 1.165) is 29.8 Å². The number of rotatable bonds is 10. The van der Waals surface area contributed by atoms with Gasteiger partial charge in [0.1, 0.15) is 0 Å². The number of nitrogens with zero attached hydrogens (tertiary/aromatic N) is 1. The van der Waals surface area contributed by atoms with Gasteiger partial charge in [-0.2, -0.15) is 0 Å². The van der Waals surface area contributed by atoms with Crippen molar-refractivity contribution in [2.75, 3.05) is 0 Å². The van der Waals surface area contributed by atoms with Gasteiger partial charge in [0.15, 0.2) is 0 Å². The highest BCUT2D eigenvalue weighted by Gasteiger charge is 2.18. The minimum atomic E-state index is 0.999. The van der Waals surface area contributed by atoms with Crippen molar-refractivity contribution < 1.29 is 0 Å². The molecule has 0 amide bonds. The lowest BCUT2D eigenvalue weighted by Crippen LogP contribution is -1.98. The second kappa shape index (κ2) is 27.3. The molecule has 65 heavy (non-hydrogen) atoms. The first-order valence-electron chi connectivity index (χ1n) is 23.9. The number of hydrogen-bond donors (Lipinski definition) is 0. The molecule has 1 nitrogen and oxygen atoms in total. The van der Waals surface area contributed by atoms with Gasteiger partial charge in [0, 0.05) is 31.4 Å². The first-order valence-corrected chi connectivity index (χ1v) is 24.7. The van der Waals surface area contributed by atoms with Gasteiger partial charge in [-0.15, -0.1) is 11.3 Å². The van der Waals surface area contributed by atoms with Crippen LogP contribution in [0.4, 0.5) is 0 Å². The van der Waals surface area contributed by atoms with Crippen LogP contribution in [0.15, 0.2) is 187 Å². The van der Waals surface area contributed by atoms with Crippen molar-refractivity contribution in [3.05, 3.63) is 221 Å². The molecular formula is C63H73NS. The SMILES string of the molecule is CC.CC.CC/C=C(C)/N=C(/C=C(\C)c1ccccc1)c1ccccc1.CCCc1ccccc1.CCc1ccccc1-c1c(C)ccc(-c2c(C)ccc3sc4ccccc4c23)c1C. The van der Waals surface area contributed by atoms with Crippen molar-refractivity contribution >= 4 is 42.8 Å². The van der Waals surface area contributed by atoms with E-state index in [4.69, 9.17) is 4.99 Å². The van der Waals surface area contributed by atoms with Gasteiger partial charge in [-0.1, -0.05) is 213 Å². The molecule has 0 bridgehead atoms. The predicted molar refractivity (Wildman–Crippen MR) is 294 cm³/mol. The maximum absolute atomic E-state index is 4.80. The lowest BCUT2D eigenvalue weighted by atomic mass is 9.85. The molecule has 8 rings (SSSR count). The van der Waals surface area contributed by atoms with Crippen LogP contribution in [0.2, 0.25) is 0 Å². The molecule has 0 atom stereocenters. The van der Waals surface area contributed by atoms with Crippen LogP contribution >= 0.6 is 11.3 Å². The van der Waals surface area contributed by atoms with E-state index in [1.54, 1.807) is 0 Å². The Morgan fingerprint density at radius 2 is 1.09 bits per heavy atom. The molecule has 8 aromatic rings. The Labute approximate surface area is 397 Å². The number of allylic oxidation sites excluding steroid dienone is 4. The van der Waals surface area contributed by atoms with Gasteiger partial charge in [-0.25, -0.2) is 0 Å². The summed E-state index contributed by atoms with van der Waals surface area (Å²) in [7, 11) is 0. The van der Waals surface area contributed by atoms with E-state index in [-0.39, 0.29) is 0 Å². The summed E-state index contributed by atoms with van der Waals surface area (Å²) in [5.41, 5.74) is 18.1. The third-order valence-corrected chi connectivity index (χ3v) is 12.3. The molecule has 0 spiro atoms. The summed E-state index contributed by atoms with van der Waals surface area (Å²) in [5.74, 6) is 0. The van der Waals surface area contributed by atoms with Crippen molar-refractivity contribution in [2.24, 2.45) is 4.99 Å². The fraction of sp³-hybridized carbons (Fsp3) is 0.254.